The van der Waals surface area contributed by atoms with Gasteiger partial charge in [0.25, 0.3) is 0 Å². The minimum absolute atomic E-state index is 0.178. The van der Waals surface area contributed by atoms with Crippen molar-refractivity contribution >= 4 is 17.9 Å². The Morgan fingerprint density at radius 2 is 1.20 bits per heavy atom. The summed E-state index contributed by atoms with van der Waals surface area (Å²) in [6.07, 6.45) is 0.641. The molecule has 0 saturated heterocycles. The molecule has 2 aromatic carbocycles. The molecule has 0 amide bonds. The fourth-order valence-electron chi connectivity index (χ4n) is 2.02. The highest BCUT2D eigenvalue weighted by molar-refractivity contribution is 5.94. The first-order chi connectivity index (χ1) is 11.8. The maximum atomic E-state index is 11.3. The fraction of sp³-hybridized carbons (Fsp3) is 0.105. The van der Waals surface area contributed by atoms with Crippen LogP contribution in [0.5, 0.6) is 0 Å². The summed E-state index contributed by atoms with van der Waals surface area (Å²) < 4.78 is 0. The molecule has 25 heavy (non-hydrogen) atoms. The van der Waals surface area contributed by atoms with E-state index < -0.39 is 23.8 Å². The Morgan fingerprint density at radius 1 is 0.800 bits per heavy atom. The third-order valence-corrected chi connectivity index (χ3v) is 3.19. The molecular weight excluding hydrogens is 324 g/mol. The number of rotatable bonds is 5. The van der Waals surface area contributed by atoms with Gasteiger partial charge in [-0.2, -0.15) is 0 Å². The quantitative estimate of drug-likeness (QED) is 0.720. The molecule has 2 aromatic rings. The van der Waals surface area contributed by atoms with Gasteiger partial charge < -0.3 is 15.3 Å². The minimum atomic E-state index is -1.24. The van der Waals surface area contributed by atoms with Gasteiger partial charge >= 0.3 is 17.9 Å². The molecule has 6 heteroatoms. The summed E-state index contributed by atoms with van der Waals surface area (Å²) in [5, 5.41) is 25.4. The molecule has 0 radical (unpaired) electrons. The Hall–Kier alpha value is -3.41. The maximum absolute atomic E-state index is 11.3. The van der Waals surface area contributed by atoms with E-state index >= 15 is 0 Å². The molecule has 0 fully saturated rings. The van der Waals surface area contributed by atoms with E-state index in [0.29, 0.717) is 6.08 Å². The van der Waals surface area contributed by atoms with Crippen LogP contribution in [0.2, 0.25) is 0 Å². The van der Waals surface area contributed by atoms with Crippen molar-refractivity contribution in [3.05, 3.63) is 83.4 Å². The second-order valence-corrected chi connectivity index (χ2v) is 5.06. The first-order valence-corrected chi connectivity index (χ1v) is 7.30. The molecule has 0 bridgehead atoms. The normalized spacial score (nSPS) is 10.6. The highest BCUT2D eigenvalue weighted by Gasteiger charge is 2.21. The van der Waals surface area contributed by atoms with Gasteiger partial charge in [0, 0.05) is 11.6 Å². The van der Waals surface area contributed by atoms with Gasteiger partial charge in [-0.3, -0.25) is 4.79 Å². The summed E-state index contributed by atoms with van der Waals surface area (Å²) in [5.41, 5.74) is 1.44. The molecule has 0 spiro atoms. The van der Waals surface area contributed by atoms with Gasteiger partial charge in [-0.05, 0) is 18.1 Å². The van der Waals surface area contributed by atoms with Crippen molar-refractivity contribution in [3.8, 4) is 0 Å². The molecule has 0 unspecified atom stereocenters. The zero-order valence-corrected chi connectivity index (χ0v) is 13.5. The summed E-state index contributed by atoms with van der Waals surface area (Å²) in [4.78, 5) is 31.0. The van der Waals surface area contributed by atoms with E-state index in [4.69, 9.17) is 10.2 Å². The highest BCUT2D eigenvalue weighted by Crippen LogP contribution is 2.24. The Kier molecular flexibility index (Phi) is 7.59. The predicted molar refractivity (Wildman–Crippen MR) is 91.4 cm³/mol. The lowest BCUT2D eigenvalue weighted by Crippen LogP contribution is -2.12. The van der Waals surface area contributed by atoms with Crippen LogP contribution in [0.25, 0.3) is 0 Å². The summed E-state index contributed by atoms with van der Waals surface area (Å²) in [6, 6.07) is 18.5. The Labute approximate surface area is 144 Å². The van der Waals surface area contributed by atoms with Crippen LogP contribution in [0.15, 0.2) is 72.3 Å². The molecule has 0 heterocycles. The van der Waals surface area contributed by atoms with Gasteiger partial charge in [-0.25, -0.2) is 9.59 Å². The van der Waals surface area contributed by atoms with E-state index in [-0.39, 0.29) is 5.57 Å². The minimum Gasteiger partial charge on any atom is -0.481 e. The van der Waals surface area contributed by atoms with Crippen LogP contribution in [-0.4, -0.2) is 33.2 Å². The van der Waals surface area contributed by atoms with Crippen molar-refractivity contribution in [2.24, 2.45) is 0 Å². The van der Waals surface area contributed by atoms with Gasteiger partial charge in [0.2, 0.25) is 0 Å². The average Bonchev–Trinajstić information content (AvgIpc) is 2.56. The molecule has 6 nitrogen and oxygen atoms in total. The van der Waals surface area contributed by atoms with Crippen LogP contribution in [0.3, 0.4) is 0 Å². The van der Waals surface area contributed by atoms with Crippen molar-refractivity contribution in [1.82, 2.24) is 0 Å². The van der Waals surface area contributed by atoms with Crippen molar-refractivity contribution in [3.63, 3.8) is 0 Å². The second kappa shape index (κ2) is 9.67. The van der Waals surface area contributed by atoms with Crippen molar-refractivity contribution in [2.75, 3.05) is 0 Å². The lowest BCUT2D eigenvalue weighted by Gasteiger charge is -2.12. The molecular formula is C19H18O6. The van der Waals surface area contributed by atoms with Gasteiger partial charge in [0.05, 0.1) is 0 Å². The van der Waals surface area contributed by atoms with Crippen LogP contribution in [-0.2, 0) is 14.4 Å². The molecule has 0 aliphatic heterocycles. The lowest BCUT2D eigenvalue weighted by molar-refractivity contribution is -0.137. The van der Waals surface area contributed by atoms with Crippen LogP contribution in [0, 0.1) is 0 Å². The number of aliphatic carboxylic acids is 3. The van der Waals surface area contributed by atoms with E-state index in [0.717, 1.165) is 11.1 Å². The van der Waals surface area contributed by atoms with E-state index in [2.05, 4.69) is 0 Å². The van der Waals surface area contributed by atoms with E-state index in [9.17, 15) is 19.5 Å². The van der Waals surface area contributed by atoms with Gasteiger partial charge in [0.1, 0.15) is 5.92 Å². The Bertz CT molecular complexity index is 710. The summed E-state index contributed by atoms with van der Waals surface area (Å²) >= 11 is 0. The number of benzene rings is 2. The van der Waals surface area contributed by atoms with Crippen LogP contribution in [0.1, 0.15) is 24.0 Å². The lowest BCUT2D eigenvalue weighted by atomic mass is 9.92. The molecule has 0 aliphatic rings. The number of hydrogen-bond acceptors (Lipinski definition) is 3. The van der Waals surface area contributed by atoms with Crippen molar-refractivity contribution in [1.29, 1.82) is 0 Å². The Balaban J connectivity index is 0.000000299. The topological polar surface area (TPSA) is 112 Å². The van der Waals surface area contributed by atoms with Gasteiger partial charge in [-0.1, -0.05) is 60.7 Å². The van der Waals surface area contributed by atoms with Crippen LogP contribution < -0.4 is 0 Å². The number of carbonyl (C=O) groups is 3. The van der Waals surface area contributed by atoms with Crippen LogP contribution >= 0.6 is 0 Å². The summed E-state index contributed by atoms with van der Waals surface area (Å²) in [5.74, 6) is -3.85. The van der Waals surface area contributed by atoms with E-state index in [1.54, 1.807) is 0 Å². The second-order valence-electron chi connectivity index (χ2n) is 5.06. The smallest absolute Gasteiger partial charge is 0.331 e. The zero-order chi connectivity index (χ0) is 18.8. The predicted octanol–water partition coefficient (Wildman–Crippen LogP) is 3.01. The zero-order valence-electron chi connectivity index (χ0n) is 13.5. The molecule has 130 valence electrons. The average molecular weight is 342 g/mol. The molecule has 3 N–H and O–H groups in total. The van der Waals surface area contributed by atoms with Gasteiger partial charge in [0.15, 0.2) is 0 Å². The standard InChI is InChI=1S/C14H12O2.C5H6O4/c15-14(16)13(11-7-3-1-4-8-11)12-9-5-2-6-10-12;1-3(5(8)9)2-4(6)7/h1-10,13H,(H,15,16);2H,1H3,(H,6,7)(H,8,9)/b;3-2-. The largest absolute Gasteiger partial charge is 0.481 e. The molecule has 0 aromatic heterocycles. The first kappa shape index (κ1) is 19.6. The molecule has 2 rings (SSSR count). The monoisotopic (exact) mass is 342 g/mol. The number of hydrogen-bond donors (Lipinski definition) is 3. The SMILES string of the molecule is C/C(=C/C(=O)O)C(=O)O.O=C(O)C(c1ccccc1)c1ccccc1. The van der Waals surface area contributed by atoms with Crippen molar-refractivity contribution < 1.29 is 29.7 Å². The third-order valence-electron chi connectivity index (χ3n) is 3.19. The molecule has 0 aliphatic carbocycles. The van der Waals surface area contributed by atoms with E-state index in [1.165, 1.54) is 6.92 Å². The third kappa shape index (κ3) is 6.70. The fourth-order valence-corrected chi connectivity index (χ4v) is 2.02. The van der Waals surface area contributed by atoms with Crippen LogP contribution in [0.4, 0.5) is 0 Å². The van der Waals surface area contributed by atoms with E-state index in [1.807, 2.05) is 60.7 Å². The summed E-state index contributed by atoms with van der Waals surface area (Å²) in [6.45, 7) is 1.22. The molecule has 0 saturated carbocycles. The van der Waals surface area contributed by atoms with Crippen molar-refractivity contribution in [2.45, 2.75) is 12.8 Å². The van der Waals surface area contributed by atoms with Gasteiger partial charge in [-0.15, -0.1) is 0 Å². The highest BCUT2D eigenvalue weighted by atomic mass is 16.4. The Morgan fingerprint density at radius 3 is 1.44 bits per heavy atom. The number of carboxylic acids is 3. The number of carboxylic acid groups (broad SMARTS) is 3. The molecule has 0 atom stereocenters. The first-order valence-electron chi connectivity index (χ1n) is 7.30. The maximum Gasteiger partial charge on any atom is 0.331 e. The summed E-state index contributed by atoms with van der Waals surface area (Å²) in [7, 11) is 0.